The number of benzene rings is 2. The second kappa shape index (κ2) is 6.34. The fourth-order valence-corrected chi connectivity index (χ4v) is 2.93. The van der Waals surface area contributed by atoms with E-state index in [9.17, 15) is 4.39 Å². The number of aromatic nitrogens is 1. The largest absolute Gasteiger partial charge is 0.491 e. The van der Waals surface area contributed by atoms with E-state index >= 15 is 0 Å². The van der Waals surface area contributed by atoms with Gasteiger partial charge in [0.1, 0.15) is 16.7 Å². The zero-order valence-corrected chi connectivity index (χ0v) is 14.1. The maximum Gasteiger partial charge on any atom is 0.137 e. The molecule has 3 rings (SSSR count). The van der Waals surface area contributed by atoms with Crippen molar-refractivity contribution in [1.29, 1.82) is 0 Å². The summed E-state index contributed by atoms with van der Waals surface area (Å²) in [7, 11) is 0. The average molecular weight is 350 g/mol. The second-order valence-corrected chi connectivity index (χ2v) is 6.23. The molecule has 0 saturated carbocycles. The Balaban J connectivity index is 2.20. The van der Waals surface area contributed by atoms with Gasteiger partial charge in [0.15, 0.2) is 0 Å². The third-order valence-corrected chi connectivity index (χ3v) is 4.02. The number of fused-ring (bicyclic) bond motifs is 1. The molecule has 0 amide bonds. The fourth-order valence-electron chi connectivity index (χ4n) is 2.46. The van der Waals surface area contributed by atoms with Gasteiger partial charge in [-0.2, -0.15) is 0 Å². The summed E-state index contributed by atoms with van der Waals surface area (Å²) >= 11 is 12.4. The summed E-state index contributed by atoms with van der Waals surface area (Å²) in [5.74, 6) is 0.344. The van der Waals surface area contributed by atoms with Crippen molar-refractivity contribution in [3.05, 3.63) is 58.6 Å². The van der Waals surface area contributed by atoms with Crippen LogP contribution in [0.4, 0.5) is 4.39 Å². The minimum absolute atomic E-state index is 0.0638. The minimum Gasteiger partial charge on any atom is -0.491 e. The van der Waals surface area contributed by atoms with E-state index in [0.29, 0.717) is 15.7 Å². The molecule has 0 aliphatic heterocycles. The molecule has 0 bridgehead atoms. The van der Waals surface area contributed by atoms with Crippen molar-refractivity contribution in [3.8, 4) is 16.9 Å². The van der Waals surface area contributed by atoms with E-state index in [1.165, 1.54) is 12.1 Å². The first-order chi connectivity index (χ1) is 11.0. The minimum atomic E-state index is -0.377. The lowest BCUT2D eigenvalue weighted by atomic mass is 10.0. The van der Waals surface area contributed by atoms with Crippen molar-refractivity contribution in [2.24, 2.45) is 0 Å². The molecule has 118 valence electrons. The van der Waals surface area contributed by atoms with Crippen molar-refractivity contribution < 1.29 is 9.13 Å². The first-order valence-corrected chi connectivity index (χ1v) is 7.91. The van der Waals surface area contributed by atoms with Crippen molar-refractivity contribution in [3.63, 3.8) is 0 Å². The van der Waals surface area contributed by atoms with E-state index in [2.05, 4.69) is 4.98 Å². The van der Waals surface area contributed by atoms with Crippen molar-refractivity contribution in [1.82, 2.24) is 4.98 Å². The van der Waals surface area contributed by atoms with Crippen LogP contribution in [0.25, 0.3) is 21.9 Å². The lowest BCUT2D eigenvalue weighted by Gasteiger charge is -2.13. The number of halogens is 3. The molecule has 0 aliphatic rings. The van der Waals surface area contributed by atoms with Gasteiger partial charge in [-0.1, -0.05) is 23.2 Å². The summed E-state index contributed by atoms with van der Waals surface area (Å²) in [5.41, 5.74) is 1.50. The van der Waals surface area contributed by atoms with Gasteiger partial charge in [0, 0.05) is 22.7 Å². The van der Waals surface area contributed by atoms with Crippen LogP contribution < -0.4 is 4.74 Å². The van der Waals surface area contributed by atoms with Gasteiger partial charge in [-0.05, 0) is 55.6 Å². The van der Waals surface area contributed by atoms with Gasteiger partial charge in [0.05, 0.1) is 11.1 Å². The summed E-state index contributed by atoms with van der Waals surface area (Å²) in [5, 5.41) is 2.37. The number of rotatable bonds is 3. The second-order valence-electron chi connectivity index (χ2n) is 5.46. The molecule has 23 heavy (non-hydrogen) atoms. The summed E-state index contributed by atoms with van der Waals surface area (Å²) in [4.78, 5) is 4.22. The molecule has 1 heterocycles. The first kappa shape index (κ1) is 16.0. The highest BCUT2D eigenvalue weighted by molar-refractivity contribution is 6.36. The quantitative estimate of drug-likeness (QED) is 0.530. The highest BCUT2D eigenvalue weighted by Gasteiger charge is 2.13. The Morgan fingerprint density at radius 1 is 1.00 bits per heavy atom. The Morgan fingerprint density at radius 3 is 2.48 bits per heavy atom. The predicted octanol–water partition coefficient (Wildman–Crippen LogP) is 6.13. The van der Waals surface area contributed by atoms with Gasteiger partial charge < -0.3 is 4.74 Å². The number of ether oxygens (including phenoxy) is 1. The molecule has 0 saturated heterocycles. The van der Waals surface area contributed by atoms with E-state index in [1.807, 2.05) is 32.0 Å². The standard InChI is InChI=1S/C18H14Cl2FNO/c1-10(2)23-12-4-6-13-15(8-12)18(20)22-9-16(13)14-5-3-11(21)7-17(14)19/h3-10H,1-2H3. The Labute approximate surface area is 143 Å². The molecular weight excluding hydrogens is 336 g/mol. The molecule has 0 spiro atoms. The molecule has 0 radical (unpaired) electrons. The van der Waals surface area contributed by atoms with Crippen molar-refractivity contribution >= 4 is 34.0 Å². The highest BCUT2D eigenvalue weighted by Crippen LogP contribution is 2.37. The lowest BCUT2D eigenvalue weighted by molar-refractivity contribution is 0.243. The Bertz CT molecular complexity index is 880. The Hall–Kier alpha value is -1.84. The maximum absolute atomic E-state index is 13.3. The number of nitrogens with zero attached hydrogens (tertiary/aromatic N) is 1. The molecule has 3 aromatic rings. The highest BCUT2D eigenvalue weighted by atomic mass is 35.5. The molecule has 0 fully saturated rings. The molecule has 5 heteroatoms. The van der Waals surface area contributed by atoms with E-state index in [0.717, 1.165) is 22.1 Å². The summed E-state index contributed by atoms with van der Waals surface area (Å²) < 4.78 is 19.0. The molecule has 2 nitrogen and oxygen atoms in total. The maximum atomic E-state index is 13.3. The van der Waals surface area contributed by atoms with Crippen LogP contribution in [0.3, 0.4) is 0 Å². The molecule has 0 N–H and O–H groups in total. The predicted molar refractivity (Wildman–Crippen MR) is 92.9 cm³/mol. The summed E-state index contributed by atoms with van der Waals surface area (Å²) in [6, 6.07) is 9.94. The van der Waals surface area contributed by atoms with E-state index < -0.39 is 0 Å². The summed E-state index contributed by atoms with van der Waals surface area (Å²) in [6.45, 7) is 3.91. The van der Waals surface area contributed by atoms with Gasteiger partial charge >= 0.3 is 0 Å². The van der Waals surface area contributed by atoms with Gasteiger partial charge in [-0.15, -0.1) is 0 Å². The van der Waals surface area contributed by atoms with E-state index in [4.69, 9.17) is 27.9 Å². The topological polar surface area (TPSA) is 22.1 Å². The monoisotopic (exact) mass is 349 g/mol. The third kappa shape index (κ3) is 3.26. The SMILES string of the molecule is CC(C)Oc1ccc2c(-c3ccc(F)cc3Cl)cnc(Cl)c2c1. The Morgan fingerprint density at radius 2 is 1.78 bits per heavy atom. The molecular formula is C18H14Cl2FNO. The summed E-state index contributed by atoms with van der Waals surface area (Å²) in [6.07, 6.45) is 1.71. The molecule has 0 aliphatic carbocycles. The normalized spacial score (nSPS) is 11.2. The van der Waals surface area contributed by atoms with Crippen LogP contribution in [0.5, 0.6) is 5.75 Å². The van der Waals surface area contributed by atoms with Gasteiger partial charge in [0.2, 0.25) is 0 Å². The third-order valence-electron chi connectivity index (χ3n) is 3.40. The van der Waals surface area contributed by atoms with Crippen LogP contribution in [0, 0.1) is 5.82 Å². The number of pyridine rings is 1. The van der Waals surface area contributed by atoms with Crippen LogP contribution in [-0.2, 0) is 0 Å². The van der Waals surface area contributed by atoms with Crippen LogP contribution in [-0.4, -0.2) is 11.1 Å². The van der Waals surface area contributed by atoms with Crippen LogP contribution in [0.15, 0.2) is 42.6 Å². The molecule has 0 unspecified atom stereocenters. The molecule has 0 atom stereocenters. The van der Waals surface area contributed by atoms with Crippen molar-refractivity contribution in [2.45, 2.75) is 20.0 Å². The van der Waals surface area contributed by atoms with Crippen molar-refractivity contribution in [2.75, 3.05) is 0 Å². The number of hydrogen-bond donors (Lipinski definition) is 0. The van der Waals surface area contributed by atoms with Crippen LogP contribution >= 0.6 is 23.2 Å². The zero-order valence-electron chi connectivity index (χ0n) is 12.6. The molecule has 2 aromatic carbocycles. The van der Waals surface area contributed by atoms with E-state index in [1.54, 1.807) is 12.3 Å². The van der Waals surface area contributed by atoms with Crippen LogP contribution in [0.2, 0.25) is 10.2 Å². The number of hydrogen-bond acceptors (Lipinski definition) is 2. The fraction of sp³-hybridized carbons (Fsp3) is 0.167. The van der Waals surface area contributed by atoms with E-state index in [-0.39, 0.29) is 11.9 Å². The first-order valence-electron chi connectivity index (χ1n) is 7.16. The van der Waals surface area contributed by atoms with Gasteiger partial charge in [-0.25, -0.2) is 9.37 Å². The van der Waals surface area contributed by atoms with Gasteiger partial charge in [0.25, 0.3) is 0 Å². The average Bonchev–Trinajstić information content (AvgIpc) is 2.48. The van der Waals surface area contributed by atoms with Gasteiger partial charge in [-0.3, -0.25) is 0 Å². The van der Waals surface area contributed by atoms with Crippen LogP contribution in [0.1, 0.15) is 13.8 Å². The zero-order chi connectivity index (χ0) is 16.6. The lowest BCUT2D eigenvalue weighted by Crippen LogP contribution is -2.05. The smallest absolute Gasteiger partial charge is 0.137 e. The Kier molecular flexibility index (Phi) is 4.42. The molecule has 1 aromatic heterocycles.